The van der Waals surface area contributed by atoms with E-state index in [1.165, 1.54) is 161 Å². The number of ether oxygens (including phenoxy) is 3. The van der Waals surface area contributed by atoms with E-state index in [0.29, 0.717) is 19.3 Å². The van der Waals surface area contributed by atoms with Crippen LogP contribution in [-0.4, -0.2) is 37.2 Å². The third-order valence-corrected chi connectivity index (χ3v) is 12.3. The molecule has 1 atom stereocenters. The first-order chi connectivity index (χ1) is 32.0. The van der Waals surface area contributed by atoms with Gasteiger partial charge in [-0.3, -0.25) is 14.4 Å². The van der Waals surface area contributed by atoms with Gasteiger partial charge in [0.2, 0.25) is 0 Å². The fourth-order valence-electron chi connectivity index (χ4n) is 8.02. The minimum atomic E-state index is -0.770. The molecule has 65 heavy (non-hydrogen) atoms. The Morgan fingerprint density at radius 3 is 0.923 bits per heavy atom. The molecule has 0 aliphatic heterocycles. The van der Waals surface area contributed by atoms with Gasteiger partial charge < -0.3 is 14.2 Å². The zero-order chi connectivity index (χ0) is 47.2. The maximum atomic E-state index is 12.7. The molecule has 0 amide bonds. The maximum absolute atomic E-state index is 12.7. The van der Waals surface area contributed by atoms with Crippen LogP contribution in [0.1, 0.15) is 290 Å². The summed E-state index contributed by atoms with van der Waals surface area (Å²) in [4.78, 5) is 37.6. The van der Waals surface area contributed by atoms with E-state index in [9.17, 15) is 14.4 Å². The van der Waals surface area contributed by atoms with Crippen molar-refractivity contribution in [2.45, 2.75) is 297 Å². The van der Waals surface area contributed by atoms with Crippen LogP contribution in [-0.2, 0) is 28.6 Å². The predicted octanol–water partition coefficient (Wildman–Crippen LogP) is 18.7. The lowest BCUT2D eigenvalue weighted by Gasteiger charge is -2.18. The number of rotatable bonds is 51. The zero-order valence-electron chi connectivity index (χ0n) is 43.3. The Morgan fingerprint density at radius 2 is 0.569 bits per heavy atom. The van der Waals surface area contributed by atoms with Gasteiger partial charge in [-0.05, 0) is 77.0 Å². The largest absolute Gasteiger partial charge is 0.462 e. The van der Waals surface area contributed by atoms with Crippen LogP contribution < -0.4 is 0 Å². The number of hydrogen-bond donors (Lipinski definition) is 0. The van der Waals surface area contributed by atoms with E-state index >= 15 is 0 Å². The molecule has 0 N–H and O–H groups in total. The second-order valence-electron chi connectivity index (χ2n) is 18.8. The molecule has 0 aliphatic rings. The smallest absolute Gasteiger partial charge is 0.306 e. The number of carbonyl (C=O) groups excluding carboxylic acids is 3. The predicted molar refractivity (Wildman–Crippen MR) is 279 cm³/mol. The van der Waals surface area contributed by atoms with Crippen molar-refractivity contribution >= 4 is 17.9 Å². The molecule has 1 unspecified atom stereocenters. The van der Waals surface area contributed by atoms with E-state index in [4.69, 9.17) is 14.2 Å². The number of esters is 3. The van der Waals surface area contributed by atoms with Crippen molar-refractivity contribution in [1.82, 2.24) is 0 Å². The van der Waals surface area contributed by atoms with Crippen LogP contribution in [0, 0.1) is 0 Å². The Hall–Kier alpha value is -2.63. The van der Waals surface area contributed by atoms with Crippen molar-refractivity contribution in [3.8, 4) is 0 Å². The van der Waals surface area contributed by atoms with Gasteiger partial charge in [0.05, 0.1) is 0 Å². The summed E-state index contributed by atoms with van der Waals surface area (Å²) in [5.41, 5.74) is 0. The molecule has 0 heterocycles. The van der Waals surface area contributed by atoms with Gasteiger partial charge in [0.25, 0.3) is 0 Å². The van der Waals surface area contributed by atoms with Crippen molar-refractivity contribution in [1.29, 1.82) is 0 Å². The number of carbonyl (C=O) groups is 3. The highest BCUT2D eigenvalue weighted by molar-refractivity contribution is 5.71. The normalized spacial score (nSPS) is 12.4. The first kappa shape index (κ1) is 62.4. The number of allylic oxidation sites excluding steroid dienone is 8. The molecule has 0 saturated heterocycles. The molecule has 0 radical (unpaired) electrons. The van der Waals surface area contributed by atoms with Crippen LogP contribution in [0.2, 0.25) is 0 Å². The van der Waals surface area contributed by atoms with Gasteiger partial charge >= 0.3 is 17.9 Å². The van der Waals surface area contributed by atoms with Crippen LogP contribution >= 0.6 is 0 Å². The topological polar surface area (TPSA) is 78.9 Å². The van der Waals surface area contributed by atoms with E-state index in [-0.39, 0.29) is 31.1 Å². The van der Waals surface area contributed by atoms with Crippen molar-refractivity contribution in [2.24, 2.45) is 0 Å². The molecule has 0 aromatic rings. The summed E-state index contributed by atoms with van der Waals surface area (Å²) in [5, 5.41) is 0. The third kappa shape index (κ3) is 52.2. The molecule has 0 rings (SSSR count). The third-order valence-electron chi connectivity index (χ3n) is 12.3. The highest BCUT2D eigenvalue weighted by Gasteiger charge is 2.19. The Bertz CT molecular complexity index is 1140. The van der Waals surface area contributed by atoms with Crippen molar-refractivity contribution < 1.29 is 28.6 Å². The van der Waals surface area contributed by atoms with Crippen LogP contribution in [0.4, 0.5) is 0 Å². The molecule has 0 bridgehead atoms. The first-order valence-electron chi connectivity index (χ1n) is 28.1. The molecular weight excluding hydrogens is 805 g/mol. The highest BCUT2D eigenvalue weighted by atomic mass is 16.6. The Morgan fingerprint density at radius 1 is 0.308 bits per heavy atom. The molecule has 6 heteroatoms. The van der Waals surface area contributed by atoms with Crippen molar-refractivity contribution in [3.63, 3.8) is 0 Å². The standard InChI is InChI=1S/C59H106O6/c1-4-7-10-13-15-17-19-20-21-22-23-24-25-26-27-28-29-30-31-32-33-34-35-36-37-38-40-41-43-46-49-52-58(61)64-55-56(54-63-57(60)51-48-45-12-9-6-3)65-59(62)53-50-47-44-42-39-18-16-14-11-8-5-2/h14,16,19-20,22-23,25-26,56H,4-13,15,17-18,21,24,27-55H2,1-3H3/b16-14-,20-19-,23-22-,26-25-. The van der Waals surface area contributed by atoms with E-state index in [1.54, 1.807) is 0 Å². The van der Waals surface area contributed by atoms with Crippen LogP contribution in [0.3, 0.4) is 0 Å². The summed E-state index contributed by atoms with van der Waals surface area (Å²) in [6.45, 7) is 6.51. The summed E-state index contributed by atoms with van der Waals surface area (Å²) in [5.74, 6) is -0.892. The van der Waals surface area contributed by atoms with Gasteiger partial charge in [-0.15, -0.1) is 0 Å². The summed E-state index contributed by atoms with van der Waals surface area (Å²) in [6, 6.07) is 0. The minimum absolute atomic E-state index is 0.0745. The first-order valence-corrected chi connectivity index (χ1v) is 28.1. The molecule has 0 fully saturated rings. The number of hydrogen-bond acceptors (Lipinski definition) is 6. The Labute approximate surface area is 403 Å². The molecule has 0 aliphatic carbocycles. The molecule has 0 saturated carbocycles. The van der Waals surface area contributed by atoms with Gasteiger partial charge in [-0.25, -0.2) is 0 Å². The minimum Gasteiger partial charge on any atom is -0.462 e. The maximum Gasteiger partial charge on any atom is 0.306 e. The molecule has 0 spiro atoms. The highest BCUT2D eigenvalue weighted by Crippen LogP contribution is 2.16. The number of unbranched alkanes of at least 4 members (excludes halogenated alkanes) is 32. The van der Waals surface area contributed by atoms with Gasteiger partial charge in [0.15, 0.2) is 6.10 Å². The second kappa shape index (κ2) is 54.0. The van der Waals surface area contributed by atoms with Gasteiger partial charge in [-0.1, -0.05) is 243 Å². The van der Waals surface area contributed by atoms with Crippen LogP contribution in [0.5, 0.6) is 0 Å². The van der Waals surface area contributed by atoms with Gasteiger partial charge in [-0.2, -0.15) is 0 Å². The quantitative estimate of drug-likeness (QED) is 0.0262. The van der Waals surface area contributed by atoms with E-state index in [0.717, 1.165) is 89.9 Å². The van der Waals surface area contributed by atoms with Crippen molar-refractivity contribution in [2.75, 3.05) is 13.2 Å². The fourth-order valence-corrected chi connectivity index (χ4v) is 8.02. The van der Waals surface area contributed by atoms with Gasteiger partial charge in [0.1, 0.15) is 13.2 Å². The molecule has 378 valence electrons. The fraction of sp³-hybridized carbons (Fsp3) is 0.814. The Balaban J connectivity index is 3.91. The SMILES string of the molecule is CCCC/C=C\CCCCCCCC(=O)OC(COC(=O)CCCCCCC)COC(=O)CCCCCCCCCCCCCCCCCC/C=C\C/C=C\C/C=C\CCCCCCC. The molecule has 0 aromatic heterocycles. The summed E-state index contributed by atoms with van der Waals surface area (Å²) in [6.07, 6.45) is 66.0. The lowest BCUT2D eigenvalue weighted by Crippen LogP contribution is -2.30. The molecule has 6 nitrogen and oxygen atoms in total. The second-order valence-corrected chi connectivity index (χ2v) is 18.8. The summed E-state index contributed by atoms with van der Waals surface area (Å²) >= 11 is 0. The average Bonchev–Trinajstić information content (AvgIpc) is 3.30. The lowest BCUT2D eigenvalue weighted by atomic mass is 10.0. The Kier molecular flexibility index (Phi) is 51.8. The van der Waals surface area contributed by atoms with E-state index < -0.39 is 6.10 Å². The van der Waals surface area contributed by atoms with Gasteiger partial charge in [0, 0.05) is 19.3 Å². The monoisotopic (exact) mass is 911 g/mol. The summed E-state index contributed by atoms with van der Waals surface area (Å²) in [7, 11) is 0. The molecule has 0 aromatic carbocycles. The van der Waals surface area contributed by atoms with E-state index in [2.05, 4.69) is 69.4 Å². The van der Waals surface area contributed by atoms with E-state index in [1.807, 2.05) is 0 Å². The van der Waals surface area contributed by atoms with Crippen LogP contribution in [0.25, 0.3) is 0 Å². The molecular formula is C59H106O6. The lowest BCUT2D eigenvalue weighted by molar-refractivity contribution is -0.167. The van der Waals surface area contributed by atoms with Crippen LogP contribution in [0.15, 0.2) is 48.6 Å². The van der Waals surface area contributed by atoms with Crippen molar-refractivity contribution in [3.05, 3.63) is 48.6 Å². The zero-order valence-corrected chi connectivity index (χ0v) is 43.3. The average molecular weight is 911 g/mol. The summed E-state index contributed by atoms with van der Waals surface area (Å²) < 4.78 is 16.6.